The highest BCUT2D eigenvalue weighted by Crippen LogP contribution is 2.34. The highest BCUT2D eigenvalue weighted by Gasteiger charge is 2.39. The van der Waals surface area contributed by atoms with Crippen LogP contribution in [0.3, 0.4) is 0 Å². The fraction of sp³-hybridized carbons (Fsp3) is 0.500. The Kier molecular flexibility index (Phi) is 7.96. The fourth-order valence-electron chi connectivity index (χ4n) is 3.51. The van der Waals surface area contributed by atoms with Gasteiger partial charge in [-0.05, 0) is 26.0 Å². The van der Waals surface area contributed by atoms with Crippen LogP contribution >= 0.6 is 0 Å². The van der Waals surface area contributed by atoms with Crippen LogP contribution in [0.2, 0.25) is 0 Å². The summed E-state index contributed by atoms with van der Waals surface area (Å²) in [4.78, 5) is 32.1. The summed E-state index contributed by atoms with van der Waals surface area (Å²) in [6, 6.07) is 5.48. The second kappa shape index (κ2) is 10.7. The molecule has 0 aliphatic carbocycles. The number of nitrogens with one attached hydrogen (secondary N) is 1. The lowest BCUT2D eigenvalue weighted by atomic mass is 10.1. The predicted molar refractivity (Wildman–Crippen MR) is 118 cm³/mol. The Morgan fingerprint density at radius 3 is 2.51 bits per heavy atom. The highest BCUT2D eigenvalue weighted by molar-refractivity contribution is 5.76. The number of carbonyl (C=O) groups excluding carboxylic acids is 1. The maximum absolute atomic E-state index is 13.2. The fourth-order valence-corrected chi connectivity index (χ4v) is 3.51. The molecular weight excluding hydrogens is 469 g/mol. The Morgan fingerprint density at radius 1 is 1.20 bits per heavy atom. The van der Waals surface area contributed by atoms with Crippen molar-refractivity contribution in [1.82, 2.24) is 20.1 Å². The van der Waals surface area contributed by atoms with Crippen LogP contribution in [-0.4, -0.2) is 71.0 Å². The lowest BCUT2D eigenvalue weighted by Crippen LogP contribution is -2.49. The number of nitrogens with zero attached hydrogens (tertiary/aromatic N) is 5. The van der Waals surface area contributed by atoms with E-state index in [1.54, 1.807) is 22.1 Å². The minimum absolute atomic E-state index is 0.0583. The van der Waals surface area contributed by atoms with E-state index in [0.29, 0.717) is 31.7 Å². The van der Waals surface area contributed by atoms with Crippen LogP contribution in [0.25, 0.3) is 0 Å². The number of pyridine rings is 1. The van der Waals surface area contributed by atoms with Gasteiger partial charge in [0.25, 0.3) is 5.56 Å². The van der Waals surface area contributed by atoms with Gasteiger partial charge in [-0.25, -0.2) is 10.1 Å². The molecule has 13 heteroatoms. The molecule has 1 fully saturated rings. The number of hydrogen-bond acceptors (Lipinski definition) is 8. The molecule has 2 aromatic rings. The van der Waals surface area contributed by atoms with Gasteiger partial charge in [0.2, 0.25) is 5.91 Å². The molecule has 1 N–H and O–H groups in total. The minimum Gasteiger partial charge on any atom is -0.483 e. The zero-order chi connectivity index (χ0) is 25.6. The topological polar surface area (TPSA) is 124 Å². The van der Waals surface area contributed by atoms with Gasteiger partial charge in [-0.15, -0.1) is 0 Å². The smallest absolute Gasteiger partial charge is 0.425 e. The average Bonchev–Trinajstić information content (AvgIpc) is 2.81. The number of amides is 1. The summed E-state index contributed by atoms with van der Waals surface area (Å²) in [5, 5.41) is 14.0. The van der Waals surface area contributed by atoms with Crippen LogP contribution in [0, 0.1) is 11.3 Å². The number of aromatic nitrogens is 3. The summed E-state index contributed by atoms with van der Waals surface area (Å²) < 4.78 is 50.4. The largest absolute Gasteiger partial charge is 0.483 e. The van der Waals surface area contributed by atoms with Gasteiger partial charge in [0.1, 0.15) is 17.5 Å². The summed E-state index contributed by atoms with van der Waals surface area (Å²) >= 11 is 0. The first kappa shape index (κ1) is 26.0. The molecule has 0 aromatic carbocycles. The molecule has 0 atom stereocenters. The van der Waals surface area contributed by atoms with Crippen molar-refractivity contribution in [2.45, 2.75) is 32.0 Å². The molecule has 10 nitrogen and oxygen atoms in total. The Labute approximate surface area is 199 Å². The molecule has 1 aliphatic rings. The van der Waals surface area contributed by atoms with Crippen LogP contribution in [0.4, 0.5) is 19.0 Å². The monoisotopic (exact) mass is 494 g/mol. The highest BCUT2D eigenvalue weighted by atomic mass is 19.4. The van der Waals surface area contributed by atoms with Crippen LogP contribution < -0.4 is 15.2 Å². The van der Waals surface area contributed by atoms with E-state index in [2.05, 4.69) is 10.1 Å². The first-order valence-electron chi connectivity index (χ1n) is 10.8. The Morgan fingerprint density at radius 2 is 1.91 bits per heavy atom. The molecular formula is C22H25F3N6O4. The molecule has 0 radical (unpaired) electrons. The van der Waals surface area contributed by atoms with E-state index < -0.39 is 28.6 Å². The quantitative estimate of drug-likeness (QED) is 0.553. The van der Waals surface area contributed by atoms with E-state index in [1.807, 2.05) is 11.0 Å². The van der Waals surface area contributed by atoms with Crippen molar-refractivity contribution >= 4 is 11.7 Å². The number of aromatic amines is 1. The van der Waals surface area contributed by atoms with Gasteiger partial charge in [0, 0.05) is 32.4 Å². The third-order valence-corrected chi connectivity index (χ3v) is 5.23. The molecule has 1 aliphatic heterocycles. The molecule has 0 saturated carbocycles. The van der Waals surface area contributed by atoms with Gasteiger partial charge < -0.3 is 19.3 Å². The van der Waals surface area contributed by atoms with E-state index in [9.17, 15) is 22.8 Å². The third kappa shape index (κ3) is 6.92. The van der Waals surface area contributed by atoms with Crippen molar-refractivity contribution in [3.8, 4) is 11.8 Å². The maximum Gasteiger partial charge on any atom is 0.425 e. The van der Waals surface area contributed by atoms with Crippen LogP contribution in [0.1, 0.15) is 31.4 Å². The number of piperazine rings is 1. The number of halogens is 3. The first-order chi connectivity index (χ1) is 16.5. The van der Waals surface area contributed by atoms with Crippen LogP contribution in [0.15, 0.2) is 29.3 Å². The maximum atomic E-state index is 13.2. The molecule has 188 valence electrons. The lowest BCUT2D eigenvalue weighted by molar-refractivity contribution is -0.142. The summed E-state index contributed by atoms with van der Waals surface area (Å²) in [7, 11) is 0. The number of nitriles is 1. The number of anilines is 1. The molecule has 1 amide bonds. The molecule has 3 rings (SSSR count). The Bertz CT molecular complexity index is 1120. The second-order valence-corrected chi connectivity index (χ2v) is 8.49. The van der Waals surface area contributed by atoms with Gasteiger partial charge in [-0.1, -0.05) is 0 Å². The zero-order valence-electron chi connectivity index (χ0n) is 19.3. The van der Waals surface area contributed by atoms with Gasteiger partial charge in [0.15, 0.2) is 11.3 Å². The van der Waals surface area contributed by atoms with Crippen molar-refractivity contribution in [1.29, 1.82) is 5.26 Å². The molecule has 0 spiro atoms. The van der Waals surface area contributed by atoms with Crippen molar-refractivity contribution in [3.63, 3.8) is 0 Å². The van der Waals surface area contributed by atoms with Gasteiger partial charge >= 0.3 is 6.18 Å². The Balaban J connectivity index is 1.44. The first-order valence-corrected chi connectivity index (χ1v) is 10.8. The molecule has 0 bridgehead atoms. The van der Waals surface area contributed by atoms with E-state index in [-0.39, 0.29) is 25.5 Å². The number of alkyl halides is 3. The van der Waals surface area contributed by atoms with Crippen LogP contribution in [0.5, 0.6) is 5.75 Å². The molecule has 2 aromatic heterocycles. The van der Waals surface area contributed by atoms with Gasteiger partial charge in [0.05, 0.1) is 31.4 Å². The molecule has 35 heavy (non-hydrogen) atoms. The number of hydrogen-bond donors (Lipinski definition) is 1. The van der Waals surface area contributed by atoms with Crippen molar-refractivity contribution in [2.24, 2.45) is 0 Å². The van der Waals surface area contributed by atoms with E-state index in [0.717, 1.165) is 12.0 Å². The number of rotatable bonds is 8. The van der Waals surface area contributed by atoms with E-state index in [1.165, 1.54) is 20.0 Å². The van der Waals surface area contributed by atoms with E-state index >= 15 is 0 Å². The SMILES string of the molecule is CC(C)(COCCC(=O)N1CCN(c2ccc(C#N)cn2)CC1)Oc1cn[nH]c(=O)c1C(F)(F)F. The lowest BCUT2D eigenvalue weighted by Gasteiger charge is -2.35. The Hall–Kier alpha value is -3.66. The number of ether oxygens (including phenoxy) is 2. The summed E-state index contributed by atoms with van der Waals surface area (Å²) in [5.41, 5.74) is -3.59. The number of carbonyl (C=O) groups is 1. The van der Waals surface area contributed by atoms with Crippen LogP contribution in [-0.2, 0) is 15.7 Å². The van der Waals surface area contributed by atoms with E-state index in [4.69, 9.17) is 14.7 Å². The summed E-state index contributed by atoms with van der Waals surface area (Å²) in [6.45, 7) is 5.16. The third-order valence-electron chi connectivity index (χ3n) is 5.23. The minimum atomic E-state index is -4.91. The average molecular weight is 494 g/mol. The normalized spacial score (nSPS) is 14.5. The van der Waals surface area contributed by atoms with Crippen molar-refractivity contribution in [2.75, 3.05) is 44.3 Å². The predicted octanol–water partition coefficient (Wildman–Crippen LogP) is 1.97. The number of H-pyrrole nitrogens is 1. The second-order valence-electron chi connectivity index (χ2n) is 8.49. The standard InChI is InChI=1S/C22H25F3N6O4/c1-21(2,35-16-13-28-29-20(33)19(16)22(23,24)25)14-34-10-5-18(32)31-8-6-30(7-9-31)17-4-3-15(11-26)12-27-17/h3-4,12-13H,5-10,14H2,1-2H3,(H,29,33). The summed E-state index contributed by atoms with van der Waals surface area (Å²) in [5.74, 6) is -0.0548. The van der Waals surface area contributed by atoms with Gasteiger partial charge in [-0.3, -0.25) is 9.59 Å². The van der Waals surface area contributed by atoms with Crippen molar-refractivity contribution < 1.29 is 27.4 Å². The summed E-state index contributed by atoms with van der Waals surface area (Å²) in [6.07, 6.45) is -2.50. The van der Waals surface area contributed by atoms with Crippen molar-refractivity contribution in [3.05, 3.63) is 46.0 Å². The molecule has 1 saturated heterocycles. The molecule has 0 unspecified atom stereocenters. The molecule has 3 heterocycles. The zero-order valence-corrected chi connectivity index (χ0v) is 19.3. The van der Waals surface area contributed by atoms with Gasteiger partial charge in [-0.2, -0.15) is 23.5 Å².